The first-order chi connectivity index (χ1) is 9.97. The topological polar surface area (TPSA) is 49.4 Å². The normalized spacial score (nSPS) is 16.1. The average molecular weight is 310 g/mol. The molecule has 0 saturated heterocycles. The molecule has 1 aliphatic carbocycles. The Bertz CT molecular complexity index is 551. The number of anilines is 2. The largest absolute Gasteiger partial charge is 0.383 e. The maximum absolute atomic E-state index is 11.2. The first-order valence-corrected chi connectivity index (χ1v) is 9.77. The molecule has 118 valence electrons. The van der Waals surface area contributed by atoms with Gasteiger partial charge in [0.25, 0.3) is 0 Å². The fourth-order valence-electron chi connectivity index (χ4n) is 2.98. The number of hydrogen-bond acceptors (Lipinski definition) is 4. The van der Waals surface area contributed by atoms with E-state index in [9.17, 15) is 8.42 Å². The molecule has 2 rings (SSSR count). The monoisotopic (exact) mass is 310 g/mol. The molecule has 1 aromatic carbocycles. The summed E-state index contributed by atoms with van der Waals surface area (Å²) in [5.41, 5.74) is 2.31. The molecule has 0 unspecified atom stereocenters. The van der Waals surface area contributed by atoms with E-state index < -0.39 is 9.84 Å². The third-order valence-electron chi connectivity index (χ3n) is 4.16. The van der Waals surface area contributed by atoms with Crippen LogP contribution in [0.4, 0.5) is 11.4 Å². The lowest BCUT2D eigenvalue weighted by Crippen LogP contribution is -2.29. The van der Waals surface area contributed by atoms with E-state index in [0.717, 1.165) is 5.69 Å². The van der Waals surface area contributed by atoms with Gasteiger partial charge in [-0.2, -0.15) is 0 Å². The summed E-state index contributed by atoms with van der Waals surface area (Å²) in [6.45, 7) is 0.683. The molecule has 1 N–H and O–H groups in total. The Labute approximate surface area is 128 Å². The molecule has 0 bridgehead atoms. The Hall–Kier alpha value is -1.23. The molecule has 0 atom stereocenters. The van der Waals surface area contributed by atoms with Gasteiger partial charge in [0.05, 0.1) is 17.1 Å². The standard InChI is InChI=1S/C16H26N2O2S/c1-18(14-8-3-4-9-14)16-11-6-5-10-15(16)17-12-7-13-21(2,19)20/h5-6,10-11,14,17H,3-4,7-9,12-13H2,1-2H3. The second-order valence-corrected chi connectivity index (χ2v) is 8.24. The van der Waals surface area contributed by atoms with Gasteiger partial charge in [-0.1, -0.05) is 25.0 Å². The van der Waals surface area contributed by atoms with Gasteiger partial charge >= 0.3 is 0 Å². The summed E-state index contributed by atoms with van der Waals surface area (Å²) >= 11 is 0. The van der Waals surface area contributed by atoms with Gasteiger partial charge in [-0.15, -0.1) is 0 Å². The lowest BCUT2D eigenvalue weighted by Gasteiger charge is -2.29. The molecule has 0 spiro atoms. The van der Waals surface area contributed by atoms with Gasteiger partial charge in [0.1, 0.15) is 9.84 Å². The van der Waals surface area contributed by atoms with Crippen LogP contribution in [0.5, 0.6) is 0 Å². The number of benzene rings is 1. The predicted molar refractivity (Wildman–Crippen MR) is 89.9 cm³/mol. The zero-order valence-electron chi connectivity index (χ0n) is 13.0. The van der Waals surface area contributed by atoms with Crippen LogP contribution >= 0.6 is 0 Å². The Morgan fingerprint density at radius 3 is 2.57 bits per heavy atom. The fourth-order valence-corrected chi connectivity index (χ4v) is 3.65. The molecule has 0 radical (unpaired) electrons. The zero-order valence-corrected chi connectivity index (χ0v) is 13.8. The molecule has 4 nitrogen and oxygen atoms in total. The number of rotatable bonds is 7. The van der Waals surface area contributed by atoms with Crippen molar-refractivity contribution in [3.8, 4) is 0 Å². The van der Waals surface area contributed by atoms with Crippen molar-refractivity contribution in [1.82, 2.24) is 0 Å². The van der Waals surface area contributed by atoms with E-state index >= 15 is 0 Å². The van der Waals surface area contributed by atoms with Crippen molar-refractivity contribution in [1.29, 1.82) is 0 Å². The van der Waals surface area contributed by atoms with Crippen molar-refractivity contribution >= 4 is 21.2 Å². The minimum Gasteiger partial charge on any atom is -0.383 e. The van der Waals surface area contributed by atoms with Gasteiger partial charge in [-0.05, 0) is 31.4 Å². The van der Waals surface area contributed by atoms with Gasteiger partial charge < -0.3 is 10.2 Å². The van der Waals surface area contributed by atoms with Gasteiger partial charge in [0.2, 0.25) is 0 Å². The minimum atomic E-state index is -2.87. The third kappa shape index (κ3) is 4.92. The van der Waals surface area contributed by atoms with E-state index in [1.807, 2.05) is 6.07 Å². The maximum atomic E-state index is 11.2. The molecule has 1 fully saturated rings. The molecule has 0 aliphatic heterocycles. The lowest BCUT2D eigenvalue weighted by atomic mass is 10.1. The van der Waals surface area contributed by atoms with Crippen LogP contribution in [-0.4, -0.2) is 40.1 Å². The average Bonchev–Trinajstić information content (AvgIpc) is 2.96. The Kier molecular flexibility index (Phi) is 5.51. The van der Waals surface area contributed by atoms with Crippen LogP contribution in [0.25, 0.3) is 0 Å². The first kappa shape index (κ1) is 16.1. The van der Waals surface area contributed by atoms with Gasteiger partial charge in [0, 0.05) is 25.9 Å². The van der Waals surface area contributed by atoms with Crippen LogP contribution in [0.15, 0.2) is 24.3 Å². The zero-order chi connectivity index (χ0) is 15.3. The second-order valence-electron chi connectivity index (χ2n) is 5.98. The summed E-state index contributed by atoms with van der Waals surface area (Å²) in [6.07, 6.45) is 7.09. The molecule has 1 aliphatic rings. The number of sulfone groups is 1. The number of nitrogens with one attached hydrogen (secondary N) is 1. The molecule has 1 aromatic rings. The highest BCUT2D eigenvalue weighted by Crippen LogP contribution is 2.31. The van der Waals surface area contributed by atoms with E-state index in [4.69, 9.17) is 0 Å². The second kappa shape index (κ2) is 7.16. The van der Waals surface area contributed by atoms with Crippen molar-refractivity contribution in [3.05, 3.63) is 24.3 Å². The number of hydrogen-bond donors (Lipinski definition) is 1. The Balaban J connectivity index is 1.96. The highest BCUT2D eigenvalue weighted by Gasteiger charge is 2.21. The molecule has 21 heavy (non-hydrogen) atoms. The van der Waals surface area contributed by atoms with Crippen LogP contribution < -0.4 is 10.2 Å². The van der Waals surface area contributed by atoms with E-state index in [0.29, 0.717) is 19.0 Å². The third-order valence-corrected chi connectivity index (χ3v) is 5.19. The summed E-state index contributed by atoms with van der Waals surface area (Å²) in [4.78, 5) is 2.37. The molecule has 0 amide bonds. The van der Waals surface area contributed by atoms with Crippen molar-refractivity contribution in [2.24, 2.45) is 0 Å². The predicted octanol–water partition coefficient (Wildman–Crippen LogP) is 2.91. The summed E-state index contributed by atoms with van der Waals surface area (Å²) in [6, 6.07) is 8.91. The molecule has 0 heterocycles. The quantitative estimate of drug-likeness (QED) is 0.787. The number of para-hydroxylation sites is 2. The first-order valence-electron chi connectivity index (χ1n) is 7.71. The van der Waals surface area contributed by atoms with Crippen molar-refractivity contribution in [2.45, 2.75) is 38.1 Å². The highest BCUT2D eigenvalue weighted by molar-refractivity contribution is 7.90. The van der Waals surface area contributed by atoms with Crippen LogP contribution in [0, 0.1) is 0 Å². The summed E-state index contributed by atoms with van der Waals surface area (Å²) in [5.74, 6) is 0.237. The van der Waals surface area contributed by atoms with Gasteiger partial charge in [0.15, 0.2) is 0 Å². The molecular formula is C16H26N2O2S. The van der Waals surface area contributed by atoms with Crippen LogP contribution in [-0.2, 0) is 9.84 Å². The van der Waals surface area contributed by atoms with Crippen LogP contribution in [0.3, 0.4) is 0 Å². The molecule has 5 heteroatoms. The minimum absolute atomic E-state index is 0.237. The van der Waals surface area contributed by atoms with E-state index in [1.165, 1.54) is 37.6 Å². The Morgan fingerprint density at radius 2 is 1.90 bits per heavy atom. The van der Waals surface area contributed by atoms with Gasteiger partial charge in [-0.3, -0.25) is 0 Å². The highest BCUT2D eigenvalue weighted by atomic mass is 32.2. The van der Waals surface area contributed by atoms with Crippen molar-refractivity contribution in [2.75, 3.05) is 35.8 Å². The van der Waals surface area contributed by atoms with Crippen LogP contribution in [0.2, 0.25) is 0 Å². The Morgan fingerprint density at radius 1 is 1.24 bits per heavy atom. The van der Waals surface area contributed by atoms with Crippen LogP contribution in [0.1, 0.15) is 32.1 Å². The van der Waals surface area contributed by atoms with E-state index in [2.05, 4.69) is 35.5 Å². The van der Waals surface area contributed by atoms with Crippen molar-refractivity contribution in [3.63, 3.8) is 0 Å². The number of nitrogens with zero attached hydrogens (tertiary/aromatic N) is 1. The summed E-state index contributed by atoms with van der Waals surface area (Å²) in [5, 5.41) is 3.38. The fraction of sp³-hybridized carbons (Fsp3) is 0.625. The van der Waals surface area contributed by atoms with E-state index in [1.54, 1.807) is 0 Å². The summed E-state index contributed by atoms with van der Waals surface area (Å²) < 4.78 is 22.3. The SMILES string of the molecule is CN(c1ccccc1NCCCS(C)(=O)=O)C1CCCC1. The van der Waals surface area contributed by atoms with Crippen molar-refractivity contribution < 1.29 is 8.42 Å². The van der Waals surface area contributed by atoms with E-state index in [-0.39, 0.29) is 5.75 Å². The smallest absolute Gasteiger partial charge is 0.147 e. The molecular weight excluding hydrogens is 284 g/mol. The molecule has 1 saturated carbocycles. The maximum Gasteiger partial charge on any atom is 0.147 e. The van der Waals surface area contributed by atoms with Gasteiger partial charge in [-0.25, -0.2) is 8.42 Å². The molecule has 0 aromatic heterocycles. The lowest BCUT2D eigenvalue weighted by molar-refractivity contribution is 0.600. The summed E-state index contributed by atoms with van der Waals surface area (Å²) in [7, 11) is -0.709.